The maximum absolute atomic E-state index is 13.5. The van der Waals surface area contributed by atoms with E-state index in [2.05, 4.69) is 27.7 Å². The van der Waals surface area contributed by atoms with E-state index < -0.39 is 31.6 Å². The molecule has 0 saturated carbocycles. The van der Waals surface area contributed by atoms with Gasteiger partial charge in [0, 0.05) is 0 Å². The zero-order valence-electron chi connectivity index (χ0n) is 14.9. The summed E-state index contributed by atoms with van der Waals surface area (Å²) >= 11 is 0. The van der Waals surface area contributed by atoms with Gasteiger partial charge in [-0.15, -0.1) is 0 Å². The van der Waals surface area contributed by atoms with E-state index >= 15 is 0 Å². The van der Waals surface area contributed by atoms with Crippen LogP contribution in [-0.4, -0.2) is 13.1 Å². The lowest BCUT2D eigenvalue weighted by Gasteiger charge is -2.33. The number of halogens is 4. The SMILES string of the molecule is CC(C)[Si](O)(CCCCCCc1cc(F)c(F)c(F)c1F)C(C)C. The fourth-order valence-corrected chi connectivity index (χ4v) is 6.43. The predicted molar refractivity (Wildman–Crippen MR) is 91.4 cm³/mol. The Labute approximate surface area is 143 Å². The Bertz CT molecular complexity index is 538. The van der Waals surface area contributed by atoms with Crippen LogP contribution in [0.3, 0.4) is 0 Å². The van der Waals surface area contributed by atoms with Crippen molar-refractivity contribution in [2.45, 2.75) is 76.9 Å². The summed E-state index contributed by atoms with van der Waals surface area (Å²) in [5.74, 6) is -6.15. The predicted octanol–water partition coefficient (Wildman–Crippen LogP) is 6.10. The molecule has 1 N–H and O–H groups in total. The minimum Gasteiger partial charge on any atom is -0.431 e. The molecule has 0 amide bonds. The highest BCUT2D eigenvalue weighted by Gasteiger charge is 2.37. The van der Waals surface area contributed by atoms with Gasteiger partial charge in [0.05, 0.1) is 0 Å². The fraction of sp³-hybridized carbons (Fsp3) is 0.667. The van der Waals surface area contributed by atoms with Gasteiger partial charge in [-0.25, -0.2) is 17.6 Å². The number of aryl methyl sites for hydroxylation is 1. The molecule has 0 spiro atoms. The van der Waals surface area contributed by atoms with Crippen LogP contribution in [0.2, 0.25) is 17.1 Å². The first-order valence-corrected chi connectivity index (χ1v) is 11.0. The summed E-state index contributed by atoms with van der Waals surface area (Å²) in [6.45, 7) is 8.25. The van der Waals surface area contributed by atoms with Crippen molar-refractivity contribution < 1.29 is 22.4 Å². The van der Waals surface area contributed by atoms with E-state index in [1.807, 2.05) is 0 Å². The van der Waals surface area contributed by atoms with Crippen molar-refractivity contribution in [3.05, 3.63) is 34.9 Å². The summed E-state index contributed by atoms with van der Waals surface area (Å²) in [5, 5.41) is 0. The van der Waals surface area contributed by atoms with Crippen molar-refractivity contribution in [3.63, 3.8) is 0 Å². The molecule has 24 heavy (non-hydrogen) atoms. The molecular formula is C18H28F4OSi. The van der Waals surface area contributed by atoms with E-state index in [-0.39, 0.29) is 12.0 Å². The molecule has 0 saturated heterocycles. The second-order valence-electron chi connectivity index (χ2n) is 7.17. The molecule has 0 aliphatic carbocycles. The Morgan fingerprint density at radius 3 is 1.92 bits per heavy atom. The molecule has 0 heterocycles. The summed E-state index contributed by atoms with van der Waals surface area (Å²) < 4.78 is 52.7. The van der Waals surface area contributed by atoms with Gasteiger partial charge in [-0.1, -0.05) is 47.0 Å². The van der Waals surface area contributed by atoms with Crippen LogP contribution in [-0.2, 0) is 6.42 Å². The molecule has 0 aromatic heterocycles. The summed E-state index contributed by atoms with van der Waals surface area (Å²) in [6.07, 6.45) is 3.30. The highest BCUT2D eigenvalue weighted by atomic mass is 28.4. The Balaban J connectivity index is 2.43. The van der Waals surface area contributed by atoms with Crippen molar-refractivity contribution in [2.24, 2.45) is 0 Å². The van der Waals surface area contributed by atoms with Gasteiger partial charge in [0.2, 0.25) is 0 Å². The number of unbranched alkanes of at least 4 members (excludes halogenated alkanes) is 3. The topological polar surface area (TPSA) is 20.2 Å². The number of hydrogen-bond donors (Lipinski definition) is 1. The van der Waals surface area contributed by atoms with Crippen LogP contribution < -0.4 is 0 Å². The van der Waals surface area contributed by atoms with Crippen LogP contribution >= 0.6 is 0 Å². The van der Waals surface area contributed by atoms with Crippen molar-refractivity contribution in [1.82, 2.24) is 0 Å². The second-order valence-corrected chi connectivity index (χ2v) is 12.0. The van der Waals surface area contributed by atoms with E-state index in [0.29, 0.717) is 17.5 Å². The molecule has 1 rings (SSSR count). The first-order valence-electron chi connectivity index (χ1n) is 8.65. The highest BCUT2D eigenvalue weighted by molar-refractivity contribution is 6.75. The van der Waals surface area contributed by atoms with Crippen molar-refractivity contribution >= 4 is 8.32 Å². The molecule has 0 bridgehead atoms. The number of hydrogen-bond acceptors (Lipinski definition) is 1. The Kier molecular flexibility index (Phi) is 7.93. The molecule has 138 valence electrons. The van der Waals surface area contributed by atoms with E-state index in [4.69, 9.17) is 0 Å². The Morgan fingerprint density at radius 2 is 1.38 bits per heavy atom. The lowest BCUT2D eigenvalue weighted by Crippen LogP contribution is -2.41. The van der Waals surface area contributed by atoms with Gasteiger partial charge in [0.15, 0.2) is 31.6 Å². The van der Waals surface area contributed by atoms with Gasteiger partial charge >= 0.3 is 0 Å². The third-order valence-electron chi connectivity index (χ3n) is 4.95. The lowest BCUT2D eigenvalue weighted by atomic mass is 10.1. The normalized spacial score (nSPS) is 12.5. The zero-order valence-corrected chi connectivity index (χ0v) is 15.9. The molecule has 6 heteroatoms. The quantitative estimate of drug-likeness (QED) is 0.184. The van der Waals surface area contributed by atoms with Gasteiger partial charge in [0.25, 0.3) is 0 Å². The third-order valence-corrected chi connectivity index (χ3v) is 10.1. The number of benzene rings is 1. The first kappa shape index (κ1) is 21.2. The fourth-order valence-electron chi connectivity index (χ4n) is 3.12. The van der Waals surface area contributed by atoms with E-state index in [9.17, 15) is 22.4 Å². The minimum absolute atomic E-state index is 0.123. The standard InChI is InChI=1S/C18H28F4OSi/c1-12(2)24(23,13(3)4)10-8-6-5-7-9-14-11-15(19)17(21)18(22)16(14)20/h11-13,23H,5-10H2,1-4H3. The summed E-state index contributed by atoms with van der Waals surface area (Å²) in [6, 6.07) is 1.56. The molecule has 1 aromatic carbocycles. The van der Waals surface area contributed by atoms with Gasteiger partial charge in [-0.05, 0) is 41.6 Å². The Morgan fingerprint density at radius 1 is 0.833 bits per heavy atom. The second kappa shape index (κ2) is 8.99. The minimum atomic E-state index is -2.26. The van der Waals surface area contributed by atoms with Gasteiger partial charge in [0.1, 0.15) is 0 Å². The van der Waals surface area contributed by atoms with E-state index in [0.717, 1.165) is 31.4 Å². The molecule has 0 fully saturated rings. The first-order chi connectivity index (χ1) is 11.1. The average molecular weight is 364 g/mol. The molecule has 0 aliphatic rings. The monoisotopic (exact) mass is 364 g/mol. The van der Waals surface area contributed by atoms with Gasteiger partial charge in [-0.2, -0.15) is 0 Å². The highest BCUT2D eigenvalue weighted by Crippen LogP contribution is 2.34. The maximum atomic E-state index is 13.5. The van der Waals surface area contributed by atoms with Crippen LogP contribution in [0.1, 0.15) is 58.9 Å². The third kappa shape index (κ3) is 5.05. The van der Waals surface area contributed by atoms with Crippen LogP contribution in [0, 0.1) is 23.3 Å². The molecule has 0 radical (unpaired) electrons. The molecule has 0 aliphatic heterocycles. The summed E-state index contributed by atoms with van der Waals surface area (Å²) in [7, 11) is -2.26. The maximum Gasteiger partial charge on any atom is 0.197 e. The Hall–Kier alpha value is -0.883. The molecule has 0 unspecified atom stereocenters. The van der Waals surface area contributed by atoms with Crippen LogP contribution in [0.4, 0.5) is 17.6 Å². The molecule has 0 atom stereocenters. The van der Waals surface area contributed by atoms with E-state index in [1.54, 1.807) is 0 Å². The largest absolute Gasteiger partial charge is 0.431 e. The summed E-state index contributed by atoms with van der Waals surface area (Å²) in [4.78, 5) is 10.8. The average Bonchev–Trinajstić information content (AvgIpc) is 2.52. The molecular weight excluding hydrogens is 336 g/mol. The summed E-state index contributed by atoms with van der Waals surface area (Å²) in [5.41, 5.74) is 0.482. The van der Waals surface area contributed by atoms with Gasteiger partial charge < -0.3 is 4.80 Å². The van der Waals surface area contributed by atoms with Crippen LogP contribution in [0.5, 0.6) is 0 Å². The van der Waals surface area contributed by atoms with Gasteiger partial charge in [-0.3, -0.25) is 0 Å². The van der Waals surface area contributed by atoms with Crippen molar-refractivity contribution in [3.8, 4) is 0 Å². The lowest BCUT2D eigenvalue weighted by molar-refractivity contribution is 0.403. The van der Waals surface area contributed by atoms with Crippen LogP contribution in [0.25, 0.3) is 0 Å². The van der Waals surface area contributed by atoms with Crippen molar-refractivity contribution in [1.29, 1.82) is 0 Å². The molecule has 1 nitrogen and oxygen atoms in total. The smallest absolute Gasteiger partial charge is 0.197 e. The molecule has 1 aromatic rings. The van der Waals surface area contributed by atoms with Crippen LogP contribution in [0.15, 0.2) is 6.07 Å². The van der Waals surface area contributed by atoms with E-state index in [1.165, 1.54) is 0 Å². The number of rotatable bonds is 9. The zero-order chi connectivity index (χ0) is 18.5. The van der Waals surface area contributed by atoms with Crippen molar-refractivity contribution in [2.75, 3.05) is 0 Å².